The number of aliphatic hydroxyl groups is 1. The maximum Gasteiger partial charge on any atom is 0.255 e. The van der Waals surface area contributed by atoms with Gasteiger partial charge in [0.2, 0.25) is 0 Å². The third-order valence-corrected chi connectivity index (χ3v) is 4.28. The molecule has 28 heavy (non-hydrogen) atoms. The Bertz CT molecular complexity index is 1030. The number of carbonyl (C=O) groups excluding carboxylic acids is 1. The van der Waals surface area contributed by atoms with Crippen molar-refractivity contribution >= 4 is 34.9 Å². The average Bonchev–Trinajstić information content (AvgIpc) is 2.72. The lowest BCUT2D eigenvalue weighted by atomic mass is 9.95. The zero-order valence-corrected chi connectivity index (χ0v) is 15.8. The van der Waals surface area contributed by atoms with Gasteiger partial charge >= 0.3 is 0 Å². The number of aliphatic hydroxyl groups excluding tert-OH is 1. The molecule has 1 aromatic heterocycles. The van der Waals surface area contributed by atoms with E-state index in [0.29, 0.717) is 17.8 Å². The quantitative estimate of drug-likeness (QED) is 0.431. The van der Waals surface area contributed by atoms with Gasteiger partial charge in [0.15, 0.2) is 5.05 Å². The molecular formula is C22H19N3O2S. The van der Waals surface area contributed by atoms with E-state index in [1.54, 1.807) is 36.7 Å². The van der Waals surface area contributed by atoms with Crippen LogP contribution in [0.2, 0.25) is 0 Å². The van der Waals surface area contributed by atoms with Crippen molar-refractivity contribution in [3.8, 4) is 11.1 Å². The average molecular weight is 389 g/mol. The van der Waals surface area contributed by atoms with Gasteiger partial charge in [0.25, 0.3) is 5.91 Å². The highest BCUT2D eigenvalue weighted by molar-refractivity contribution is 7.80. The van der Waals surface area contributed by atoms with E-state index in [4.69, 9.17) is 5.73 Å². The van der Waals surface area contributed by atoms with E-state index < -0.39 is 0 Å². The Morgan fingerprint density at radius 2 is 1.93 bits per heavy atom. The first-order chi connectivity index (χ1) is 13.6. The summed E-state index contributed by atoms with van der Waals surface area (Å²) in [6.07, 6.45) is 6.43. The van der Waals surface area contributed by atoms with Crippen LogP contribution < -0.4 is 11.1 Å². The molecule has 0 saturated carbocycles. The van der Waals surface area contributed by atoms with Crippen molar-refractivity contribution in [3.63, 3.8) is 0 Å². The molecule has 0 atom stereocenters. The van der Waals surface area contributed by atoms with Crippen molar-refractivity contribution in [1.82, 2.24) is 4.98 Å². The molecule has 1 heterocycles. The van der Waals surface area contributed by atoms with Gasteiger partial charge in [-0.25, -0.2) is 0 Å². The number of carbonyl (C=O) groups is 1. The maximum atomic E-state index is 12.6. The SMILES string of the molecule is NCc1ccc(C(=O)Nc2ccncc2)cc1-c1cccc(C=CC(O)=S)c1. The van der Waals surface area contributed by atoms with E-state index >= 15 is 0 Å². The molecule has 0 unspecified atom stereocenters. The fraction of sp³-hybridized carbons (Fsp3) is 0.0455. The summed E-state index contributed by atoms with van der Waals surface area (Å²) in [5.41, 5.74) is 10.7. The Morgan fingerprint density at radius 1 is 1.14 bits per heavy atom. The lowest BCUT2D eigenvalue weighted by molar-refractivity contribution is 0.102. The second-order valence-electron chi connectivity index (χ2n) is 6.06. The number of anilines is 1. The molecule has 2 aromatic carbocycles. The van der Waals surface area contributed by atoms with E-state index in [0.717, 1.165) is 22.3 Å². The van der Waals surface area contributed by atoms with Gasteiger partial charge in [0.05, 0.1) is 0 Å². The van der Waals surface area contributed by atoms with Crippen LogP contribution in [0.15, 0.2) is 73.1 Å². The Labute approximate surface area is 168 Å². The van der Waals surface area contributed by atoms with Gasteiger partial charge < -0.3 is 16.2 Å². The molecule has 140 valence electrons. The Balaban J connectivity index is 1.94. The zero-order valence-electron chi connectivity index (χ0n) is 15.0. The fourth-order valence-electron chi connectivity index (χ4n) is 2.78. The Morgan fingerprint density at radius 3 is 2.64 bits per heavy atom. The van der Waals surface area contributed by atoms with Crippen LogP contribution in [0.4, 0.5) is 5.69 Å². The standard InChI is InChI=1S/C22H19N3O2S/c23-14-18-6-5-17(22(27)25-19-8-10-24-11-9-19)13-20(18)16-3-1-2-15(12-16)4-7-21(26)28/h1-13H,14,23H2,(H,26,28)(H,24,25,27). The molecule has 0 fully saturated rings. The monoisotopic (exact) mass is 389 g/mol. The predicted molar refractivity (Wildman–Crippen MR) is 116 cm³/mol. The van der Waals surface area contributed by atoms with Gasteiger partial charge in [-0.1, -0.05) is 30.3 Å². The molecule has 3 rings (SSSR count). The van der Waals surface area contributed by atoms with Crippen LogP contribution in [0.1, 0.15) is 21.5 Å². The van der Waals surface area contributed by atoms with Gasteiger partial charge in [-0.05, 0) is 70.9 Å². The lowest BCUT2D eigenvalue weighted by Crippen LogP contribution is -2.12. The molecule has 3 aromatic rings. The van der Waals surface area contributed by atoms with Crippen molar-refractivity contribution in [2.75, 3.05) is 5.32 Å². The van der Waals surface area contributed by atoms with Crippen LogP contribution in [0.3, 0.4) is 0 Å². The van der Waals surface area contributed by atoms with Gasteiger partial charge in [0.1, 0.15) is 0 Å². The largest absolute Gasteiger partial charge is 0.499 e. The minimum absolute atomic E-state index is 0.178. The highest BCUT2D eigenvalue weighted by Crippen LogP contribution is 2.27. The summed E-state index contributed by atoms with van der Waals surface area (Å²) in [6, 6.07) is 16.6. The molecule has 0 aliphatic rings. The summed E-state index contributed by atoms with van der Waals surface area (Å²) in [6.45, 7) is 0.350. The third kappa shape index (κ3) is 4.88. The number of nitrogens with two attached hydrogens (primary N) is 1. The number of aromatic nitrogens is 1. The molecule has 0 bridgehead atoms. The molecule has 6 heteroatoms. The number of hydrogen-bond acceptors (Lipinski definition) is 4. The summed E-state index contributed by atoms with van der Waals surface area (Å²) in [5.74, 6) is -0.210. The number of benzene rings is 2. The predicted octanol–water partition coefficient (Wildman–Crippen LogP) is 4.36. The minimum atomic E-state index is -0.210. The molecule has 5 nitrogen and oxygen atoms in total. The number of nitrogens with one attached hydrogen (secondary N) is 1. The van der Waals surface area contributed by atoms with Gasteiger partial charge in [-0.15, -0.1) is 0 Å². The van der Waals surface area contributed by atoms with E-state index in [2.05, 4.69) is 22.5 Å². The number of thiocarbonyl (C=S) groups is 1. The van der Waals surface area contributed by atoms with Crippen molar-refractivity contribution in [2.45, 2.75) is 6.54 Å². The molecule has 0 aliphatic heterocycles. The molecular weight excluding hydrogens is 370 g/mol. The Kier molecular flexibility index (Phi) is 6.26. The summed E-state index contributed by atoms with van der Waals surface area (Å²) in [4.78, 5) is 16.6. The van der Waals surface area contributed by atoms with Crippen LogP contribution in [0, 0.1) is 0 Å². The highest BCUT2D eigenvalue weighted by atomic mass is 32.1. The van der Waals surface area contributed by atoms with Crippen LogP contribution >= 0.6 is 12.2 Å². The van der Waals surface area contributed by atoms with E-state index in [1.807, 2.05) is 36.4 Å². The van der Waals surface area contributed by atoms with Crippen molar-refractivity contribution in [3.05, 3.63) is 89.8 Å². The second kappa shape index (κ2) is 9.03. The summed E-state index contributed by atoms with van der Waals surface area (Å²) >= 11 is 4.66. The normalized spacial score (nSPS) is 10.8. The van der Waals surface area contributed by atoms with E-state index in [1.165, 1.54) is 6.08 Å². The summed E-state index contributed by atoms with van der Waals surface area (Å²) < 4.78 is 0. The minimum Gasteiger partial charge on any atom is -0.499 e. The zero-order chi connectivity index (χ0) is 19.9. The van der Waals surface area contributed by atoms with Crippen molar-refractivity contribution in [1.29, 1.82) is 0 Å². The molecule has 0 radical (unpaired) electrons. The smallest absolute Gasteiger partial charge is 0.255 e. The summed E-state index contributed by atoms with van der Waals surface area (Å²) in [7, 11) is 0. The van der Waals surface area contributed by atoms with E-state index in [-0.39, 0.29) is 11.0 Å². The van der Waals surface area contributed by atoms with Crippen LogP contribution in [0.5, 0.6) is 0 Å². The molecule has 4 N–H and O–H groups in total. The van der Waals surface area contributed by atoms with Gasteiger partial charge in [0, 0.05) is 30.2 Å². The number of rotatable bonds is 6. The first kappa shape index (κ1) is 19.4. The van der Waals surface area contributed by atoms with Gasteiger partial charge in [-0.3, -0.25) is 9.78 Å². The van der Waals surface area contributed by atoms with Gasteiger partial charge in [-0.2, -0.15) is 0 Å². The second-order valence-corrected chi connectivity index (χ2v) is 6.48. The molecule has 0 saturated heterocycles. The number of amides is 1. The first-order valence-corrected chi connectivity index (χ1v) is 9.03. The Hall–Kier alpha value is -3.35. The highest BCUT2D eigenvalue weighted by Gasteiger charge is 2.11. The third-order valence-electron chi connectivity index (χ3n) is 4.15. The molecule has 1 amide bonds. The molecule has 0 spiro atoms. The fourth-order valence-corrected chi connectivity index (χ4v) is 2.85. The first-order valence-electron chi connectivity index (χ1n) is 8.62. The maximum absolute atomic E-state index is 12.6. The van der Waals surface area contributed by atoms with Crippen LogP contribution in [-0.2, 0) is 6.54 Å². The van der Waals surface area contributed by atoms with Crippen LogP contribution in [0.25, 0.3) is 17.2 Å². The van der Waals surface area contributed by atoms with Crippen LogP contribution in [-0.4, -0.2) is 21.0 Å². The lowest BCUT2D eigenvalue weighted by Gasteiger charge is -2.12. The van der Waals surface area contributed by atoms with E-state index in [9.17, 15) is 9.90 Å². The summed E-state index contributed by atoms with van der Waals surface area (Å²) in [5, 5.41) is 11.9. The van der Waals surface area contributed by atoms with Crippen molar-refractivity contribution < 1.29 is 9.90 Å². The number of pyridine rings is 1. The van der Waals surface area contributed by atoms with Crippen molar-refractivity contribution in [2.24, 2.45) is 5.73 Å². The molecule has 0 aliphatic carbocycles. The number of nitrogens with zero attached hydrogens (tertiary/aromatic N) is 1. The number of hydrogen-bond donors (Lipinski definition) is 3. The topological polar surface area (TPSA) is 88.2 Å².